The first kappa shape index (κ1) is 16.6. The van der Waals surface area contributed by atoms with E-state index in [-0.39, 0.29) is 16.7 Å². The number of para-hydroxylation sites is 1. The Labute approximate surface area is 137 Å². The van der Waals surface area contributed by atoms with Gasteiger partial charge in [0, 0.05) is 0 Å². The lowest BCUT2D eigenvalue weighted by Crippen LogP contribution is -2.45. The summed E-state index contributed by atoms with van der Waals surface area (Å²) < 4.78 is 0. The van der Waals surface area contributed by atoms with E-state index in [4.69, 9.17) is 22.4 Å². The molecule has 1 aromatic carbocycles. The average molecular weight is 335 g/mol. The van der Waals surface area contributed by atoms with Gasteiger partial charge in [-0.3, -0.25) is 9.69 Å². The molecule has 0 spiro atoms. The quantitative estimate of drug-likeness (QED) is 0.745. The van der Waals surface area contributed by atoms with Crippen LogP contribution in [0.5, 0.6) is 0 Å². The summed E-state index contributed by atoms with van der Waals surface area (Å²) in [5, 5.41) is 11.1. The molecule has 1 heterocycles. The van der Waals surface area contributed by atoms with Crippen molar-refractivity contribution < 1.29 is 14.7 Å². The molecule has 23 heavy (non-hydrogen) atoms. The molecule has 2 rings (SSSR count). The first-order valence-electron chi connectivity index (χ1n) is 6.70. The number of benzene rings is 1. The number of halogens is 1. The maximum atomic E-state index is 12.7. The van der Waals surface area contributed by atoms with Crippen molar-refractivity contribution in [2.24, 2.45) is 0 Å². The number of anilines is 3. The van der Waals surface area contributed by atoms with E-state index < -0.39 is 18.0 Å². The van der Waals surface area contributed by atoms with Crippen LogP contribution >= 0.6 is 11.6 Å². The van der Waals surface area contributed by atoms with E-state index >= 15 is 0 Å². The molecule has 1 aromatic heterocycles. The van der Waals surface area contributed by atoms with Crippen LogP contribution in [-0.4, -0.2) is 28.1 Å². The van der Waals surface area contributed by atoms with E-state index in [1.54, 1.807) is 30.3 Å². The minimum Gasteiger partial charge on any atom is -0.465 e. The smallest absolute Gasteiger partial charge is 0.405 e. The van der Waals surface area contributed by atoms with Crippen LogP contribution in [0, 0.1) is 0 Å². The first-order chi connectivity index (χ1) is 10.9. The fraction of sp³-hybridized carbons (Fsp3) is 0.133. The molecule has 8 heteroatoms. The Hall–Kier alpha value is -2.80. The molecule has 0 saturated heterocycles. The van der Waals surface area contributed by atoms with Gasteiger partial charge in [-0.15, -0.1) is 0 Å². The maximum Gasteiger partial charge on any atom is 0.405 e. The fourth-order valence-corrected chi connectivity index (χ4v) is 2.13. The predicted molar refractivity (Wildman–Crippen MR) is 87.9 cm³/mol. The van der Waals surface area contributed by atoms with Crippen molar-refractivity contribution in [3.63, 3.8) is 0 Å². The number of hydrogen-bond acceptors (Lipinski definition) is 4. The number of hydrogen-bond donors (Lipinski definition) is 3. The van der Waals surface area contributed by atoms with Crippen molar-refractivity contribution in [1.82, 2.24) is 10.3 Å². The van der Waals surface area contributed by atoms with E-state index in [1.807, 2.05) is 0 Å². The molecule has 1 atom stereocenters. The molecule has 120 valence electrons. The molecule has 7 nitrogen and oxygen atoms in total. The predicted octanol–water partition coefficient (Wildman–Crippen LogP) is 2.64. The van der Waals surface area contributed by atoms with Crippen molar-refractivity contribution in [3.8, 4) is 0 Å². The molecule has 0 fully saturated rings. The summed E-state index contributed by atoms with van der Waals surface area (Å²) in [5.74, 6) is -0.382. The van der Waals surface area contributed by atoms with E-state index in [2.05, 4.69) is 10.3 Å². The number of amides is 2. The number of carbonyl (C=O) groups excluding carboxylic acids is 1. The fourth-order valence-electron chi connectivity index (χ4n) is 1.99. The Morgan fingerprint density at radius 3 is 2.52 bits per heavy atom. The molecule has 0 aliphatic heterocycles. The van der Waals surface area contributed by atoms with Gasteiger partial charge in [0.05, 0.1) is 11.4 Å². The van der Waals surface area contributed by atoms with Crippen molar-refractivity contribution in [2.75, 3.05) is 10.6 Å². The Kier molecular flexibility index (Phi) is 5.02. The van der Waals surface area contributed by atoms with Gasteiger partial charge in [-0.2, -0.15) is 0 Å². The number of aromatic nitrogens is 1. The highest BCUT2D eigenvalue weighted by Gasteiger charge is 2.27. The van der Waals surface area contributed by atoms with Crippen molar-refractivity contribution in [2.45, 2.75) is 13.0 Å². The number of rotatable bonds is 4. The maximum absolute atomic E-state index is 12.7. The van der Waals surface area contributed by atoms with Gasteiger partial charge in [-0.1, -0.05) is 29.8 Å². The normalized spacial score (nSPS) is 11.6. The number of nitrogen functional groups attached to an aromatic ring is 1. The third-order valence-electron chi connectivity index (χ3n) is 3.03. The first-order valence-corrected chi connectivity index (χ1v) is 7.08. The van der Waals surface area contributed by atoms with Gasteiger partial charge in [0.2, 0.25) is 0 Å². The Morgan fingerprint density at radius 1 is 1.26 bits per heavy atom. The summed E-state index contributed by atoms with van der Waals surface area (Å²) in [7, 11) is 0. The molecule has 0 aliphatic carbocycles. The van der Waals surface area contributed by atoms with Crippen LogP contribution in [0.1, 0.15) is 6.92 Å². The average Bonchev–Trinajstić information content (AvgIpc) is 2.51. The Bertz CT molecular complexity index is 724. The second kappa shape index (κ2) is 6.97. The zero-order valence-corrected chi connectivity index (χ0v) is 13.0. The highest BCUT2D eigenvalue weighted by Crippen LogP contribution is 2.30. The van der Waals surface area contributed by atoms with Gasteiger partial charge in [0.1, 0.15) is 11.2 Å². The van der Waals surface area contributed by atoms with Gasteiger partial charge < -0.3 is 16.2 Å². The molecule has 0 radical (unpaired) electrons. The van der Waals surface area contributed by atoms with Crippen molar-refractivity contribution >= 4 is 40.8 Å². The molecule has 4 N–H and O–H groups in total. The molecule has 2 aromatic rings. The van der Waals surface area contributed by atoms with Crippen molar-refractivity contribution in [3.05, 3.63) is 47.6 Å². The van der Waals surface area contributed by atoms with Gasteiger partial charge >= 0.3 is 6.09 Å². The Balaban J connectivity index is 2.50. The summed E-state index contributed by atoms with van der Waals surface area (Å²) >= 11 is 5.90. The summed E-state index contributed by atoms with van der Waals surface area (Å²) in [6, 6.07) is 10.7. The summed E-state index contributed by atoms with van der Waals surface area (Å²) in [6.45, 7) is 1.44. The molecule has 2 amide bonds. The van der Waals surface area contributed by atoms with E-state index in [9.17, 15) is 9.59 Å². The molecule has 0 aliphatic rings. The zero-order chi connectivity index (χ0) is 17.0. The third kappa shape index (κ3) is 3.89. The van der Waals surface area contributed by atoms with Gasteiger partial charge in [0.15, 0.2) is 5.82 Å². The lowest BCUT2D eigenvalue weighted by molar-refractivity contribution is -0.119. The number of carboxylic acid groups (broad SMARTS) is 1. The lowest BCUT2D eigenvalue weighted by atomic mass is 10.2. The number of nitrogens with one attached hydrogen (secondary N) is 1. The van der Waals surface area contributed by atoms with Crippen LogP contribution in [0.2, 0.25) is 5.15 Å². The van der Waals surface area contributed by atoms with Gasteiger partial charge in [0.25, 0.3) is 5.91 Å². The number of nitrogens with zero attached hydrogens (tertiary/aromatic N) is 2. The summed E-state index contributed by atoms with van der Waals surface area (Å²) in [6.07, 6.45) is -1.30. The minimum absolute atomic E-state index is 0.146. The number of pyridine rings is 1. The second-order valence-corrected chi connectivity index (χ2v) is 5.11. The SMILES string of the molecule is CC(NC(=O)O)C(=O)N(c1ccccc1)c1nc(Cl)ccc1N. The molecular formula is C15H15ClN4O3. The monoisotopic (exact) mass is 334 g/mol. The van der Waals surface area contributed by atoms with Gasteiger partial charge in [-0.25, -0.2) is 9.78 Å². The highest BCUT2D eigenvalue weighted by atomic mass is 35.5. The van der Waals surface area contributed by atoms with Crippen LogP contribution < -0.4 is 16.0 Å². The minimum atomic E-state index is -1.30. The number of carbonyl (C=O) groups is 2. The molecule has 0 saturated carbocycles. The second-order valence-electron chi connectivity index (χ2n) is 4.73. The van der Waals surface area contributed by atoms with E-state index in [0.29, 0.717) is 5.69 Å². The lowest BCUT2D eigenvalue weighted by Gasteiger charge is -2.26. The largest absolute Gasteiger partial charge is 0.465 e. The van der Waals surface area contributed by atoms with Crippen LogP contribution in [-0.2, 0) is 4.79 Å². The van der Waals surface area contributed by atoms with E-state index in [1.165, 1.54) is 24.0 Å². The molecule has 1 unspecified atom stereocenters. The highest BCUT2D eigenvalue weighted by molar-refractivity contribution is 6.29. The topological polar surface area (TPSA) is 109 Å². The van der Waals surface area contributed by atoms with Crippen LogP contribution in [0.4, 0.5) is 22.0 Å². The van der Waals surface area contributed by atoms with Crippen LogP contribution in [0.15, 0.2) is 42.5 Å². The zero-order valence-electron chi connectivity index (χ0n) is 12.2. The molecular weight excluding hydrogens is 320 g/mol. The van der Waals surface area contributed by atoms with Gasteiger partial charge in [-0.05, 0) is 31.2 Å². The number of nitrogens with two attached hydrogens (primary N) is 1. The van der Waals surface area contributed by atoms with Crippen LogP contribution in [0.3, 0.4) is 0 Å². The Morgan fingerprint density at radius 2 is 1.91 bits per heavy atom. The van der Waals surface area contributed by atoms with E-state index in [0.717, 1.165) is 0 Å². The van der Waals surface area contributed by atoms with Crippen LogP contribution in [0.25, 0.3) is 0 Å². The summed E-state index contributed by atoms with van der Waals surface area (Å²) in [5.41, 5.74) is 6.66. The van der Waals surface area contributed by atoms with Crippen molar-refractivity contribution in [1.29, 1.82) is 0 Å². The molecule has 0 bridgehead atoms. The summed E-state index contributed by atoms with van der Waals surface area (Å²) in [4.78, 5) is 28.8. The third-order valence-corrected chi connectivity index (χ3v) is 3.24. The standard InChI is InChI=1S/C15H15ClN4O3/c1-9(18-15(22)23)14(21)20(10-5-3-2-4-6-10)13-11(17)7-8-12(16)19-13/h2-9,18H,17H2,1H3,(H,22,23).